The van der Waals surface area contributed by atoms with Gasteiger partial charge in [0.05, 0.1) is 11.4 Å². The van der Waals surface area contributed by atoms with Crippen LogP contribution in [0.1, 0.15) is 15.9 Å². The summed E-state index contributed by atoms with van der Waals surface area (Å²) in [6, 6.07) is 25.2. The highest BCUT2D eigenvalue weighted by Gasteiger charge is 2.10. The Hall–Kier alpha value is -3.45. The first kappa shape index (κ1) is 17.9. The van der Waals surface area contributed by atoms with Gasteiger partial charge in [0, 0.05) is 16.2 Å². The summed E-state index contributed by atoms with van der Waals surface area (Å²) in [6.45, 7) is 0. The summed E-state index contributed by atoms with van der Waals surface area (Å²) < 4.78 is 1.54. The lowest BCUT2D eigenvalue weighted by Gasteiger charge is -2.11. The number of para-hydroxylation sites is 1. The third-order valence-corrected chi connectivity index (χ3v) is 5.26. The second kappa shape index (κ2) is 8.49. The van der Waals surface area contributed by atoms with Crippen molar-refractivity contribution in [2.24, 2.45) is 0 Å². The van der Waals surface area contributed by atoms with Crippen LogP contribution in [0.3, 0.4) is 0 Å². The Labute approximate surface area is 166 Å². The van der Waals surface area contributed by atoms with Crippen LogP contribution in [0.5, 0.6) is 0 Å². The van der Waals surface area contributed by atoms with Crippen LogP contribution in [0.15, 0.2) is 90.1 Å². The average molecular weight is 387 g/mol. The zero-order valence-corrected chi connectivity index (χ0v) is 15.7. The number of amides is 1. The molecule has 6 nitrogen and oxygen atoms in total. The summed E-state index contributed by atoms with van der Waals surface area (Å²) in [5, 5.41) is 14.1. The molecular formula is C21H17N5OS. The number of anilines is 1. The first-order valence-corrected chi connectivity index (χ1v) is 9.69. The predicted molar refractivity (Wildman–Crippen MR) is 110 cm³/mol. The third kappa shape index (κ3) is 4.27. The number of thioether (sulfide) groups is 1. The van der Waals surface area contributed by atoms with Gasteiger partial charge in [-0.15, -0.1) is 16.9 Å². The Bertz CT molecular complexity index is 1050. The molecule has 0 fully saturated rings. The largest absolute Gasteiger partial charge is 0.321 e. The molecule has 0 atom stereocenters. The first-order valence-electron chi connectivity index (χ1n) is 8.70. The number of aromatic nitrogens is 4. The number of hydrogen-bond acceptors (Lipinski definition) is 5. The van der Waals surface area contributed by atoms with Crippen molar-refractivity contribution in [3.05, 3.63) is 96.3 Å². The van der Waals surface area contributed by atoms with E-state index < -0.39 is 0 Å². The molecule has 4 aromatic rings. The molecule has 0 bridgehead atoms. The Balaban J connectivity index is 1.46. The number of rotatable bonds is 6. The van der Waals surface area contributed by atoms with E-state index in [4.69, 9.17) is 0 Å². The Morgan fingerprint density at radius 2 is 1.68 bits per heavy atom. The van der Waals surface area contributed by atoms with Crippen molar-refractivity contribution in [3.8, 4) is 5.69 Å². The summed E-state index contributed by atoms with van der Waals surface area (Å²) in [5.41, 5.74) is 3.41. The molecule has 1 aromatic heterocycles. The summed E-state index contributed by atoms with van der Waals surface area (Å²) in [7, 11) is 0. The summed E-state index contributed by atoms with van der Waals surface area (Å²) >= 11 is 1.70. The van der Waals surface area contributed by atoms with E-state index in [0.717, 1.165) is 22.0 Å². The minimum Gasteiger partial charge on any atom is -0.321 e. The molecule has 0 saturated heterocycles. The number of carbonyl (C=O) groups excluding carboxylic acids is 1. The quantitative estimate of drug-likeness (QED) is 0.502. The van der Waals surface area contributed by atoms with Gasteiger partial charge in [-0.05, 0) is 52.4 Å². The summed E-state index contributed by atoms with van der Waals surface area (Å²) in [4.78, 5) is 13.7. The van der Waals surface area contributed by atoms with Crippen molar-refractivity contribution in [1.29, 1.82) is 0 Å². The molecule has 4 rings (SSSR count). The maximum atomic E-state index is 12.7. The predicted octanol–water partition coefficient (Wildman–Crippen LogP) is 4.21. The van der Waals surface area contributed by atoms with E-state index in [1.807, 2.05) is 42.5 Å². The van der Waals surface area contributed by atoms with E-state index in [9.17, 15) is 4.79 Å². The van der Waals surface area contributed by atoms with E-state index in [1.54, 1.807) is 36.0 Å². The highest BCUT2D eigenvalue weighted by atomic mass is 32.2. The molecule has 3 aromatic carbocycles. The maximum Gasteiger partial charge on any atom is 0.255 e. The highest BCUT2D eigenvalue weighted by molar-refractivity contribution is 7.98. The molecule has 28 heavy (non-hydrogen) atoms. The monoisotopic (exact) mass is 387 g/mol. The lowest BCUT2D eigenvalue weighted by molar-refractivity contribution is 0.102. The molecule has 1 heterocycles. The topological polar surface area (TPSA) is 72.7 Å². The fourth-order valence-electron chi connectivity index (χ4n) is 2.67. The zero-order valence-electron chi connectivity index (χ0n) is 14.9. The molecule has 0 spiro atoms. The lowest BCUT2D eigenvalue weighted by atomic mass is 10.2. The van der Waals surface area contributed by atoms with Crippen LogP contribution < -0.4 is 5.32 Å². The first-order chi connectivity index (χ1) is 13.8. The Morgan fingerprint density at radius 3 is 2.43 bits per heavy atom. The van der Waals surface area contributed by atoms with Gasteiger partial charge in [-0.25, -0.2) is 4.68 Å². The fraction of sp³-hybridized carbons (Fsp3) is 0.0476. The van der Waals surface area contributed by atoms with Gasteiger partial charge in [-0.2, -0.15) is 0 Å². The van der Waals surface area contributed by atoms with E-state index in [-0.39, 0.29) is 5.91 Å². The van der Waals surface area contributed by atoms with Crippen molar-refractivity contribution < 1.29 is 4.79 Å². The number of nitrogens with one attached hydrogen (secondary N) is 1. The highest BCUT2D eigenvalue weighted by Crippen LogP contribution is 2.30. The molecule has 138 valence electrons. The van der Waals surface area contributed by atoms with Crippen molar-refractivity contribution in [3.63, 3.8) is 0 Å². The van der Waals surface area contributed by atoms with Crippen LogP contribution >= 0.6 is 11.8 Å². The SMILES string of the molecule is O=C(Nc1ccccc1SCc1ccccc1)c1ccc(-n2cnnn2)cc1. The van der Waals surface area contributed by atoms with Crippen LogP contribution in [-0.4, -0.2) is 26.1 Å². The second-order valence-corrected chi connectivity index (χ2v) is 7.04. The Morgan fingerprint density at radius 1 is 0.929 bits per heavy atom. The molecule has 1 N–H and O–H groups in total. The van der Waals surface area contributed by atoms with Gasteiger partial charge in [0.25, 0.3) is 5.91 Å². The van der Waals surface area contributed by atoms with Crippen LogP contribution in [0.2, 0.25) is 0 Å². The number of hydrogen-bond donors (Lipinski definition) is 1. The molecule has 7 heteroatoms. The Kier molecular flexibility index (Phi) is 5.44. The third-order valence-electron chi connectivity index (χ3n) is 4.12. The second-order valence-electron chi connectivity index (χ2n) is 6.03. The van der Waals surface area contributed by atoms with E-state index in [0.29, 0.717) is 5.56 Å². The molecule has 0 radical (unpaired) electrons. The van der Waals surface area contributed by atoms with Gasteiger partial charge < -0.3 is 5.32 Å². The van der Waals surface area contributed by atoms with Gasteiger partial charge >= 0.3 is 0 Å². The minimum atomic E-state index is -0.156. The molecule has 0 aliphatic heterocycles. The summed E-state index contributed by atoms with van der Waals surface area (Å²) in [5.74, 6) is 0.685. The van der Waals surface area contributed by atoms with Gasteiger partial charge in [-0.3, -0.25) is 4.79 Å². The number of nitrogens with zero attached hydrogens (tertiary/aromatic N) is 4. The molecule has 0 saturated carbocycles. The molecular weight excluding hydrogens is 370 g/mol. The molecule has 1 amide bonds. The minimum absolute atomic E-state index is 0.156. The normalized spacial score (nSPS) is 10.6. The van der Waals surface area contributed by atoms with Gasteiger partial charge in [0.15, 0.2) is 0 Å². The van der Waals surface area contributed by atoms with Crippen molar-refractivity contribution in [2.45, 2.75) is 10.6 Å². The summed E-state index contributed by atoms with van der Waals surface area (Å²) in [6.07, 6.45) is 1.51. The number of carbonyl (C=O) groups is 1. The fourth-order valence-corrected chi connectivity index (χ4v) is 3.63. The van der Waals surface area contributed by atoms with Gasteiger partial charge in [-0.1, -0.05) is 42.5 Å². The van der Waals surface area contributed by atoms with Gasteiger partial charge in [0.2, 0.25) is 0 Å². The molecule has 0 aliphatic carbocycles. The molecule has 0 unspecified atom stereocenters. The zero-order chi connectivity index (χ0) is 19.2. The van der Waals surface area contributed by atoms with Crippen LogP contribution in [0.25, 0.3) is 5.69 Å². The smallest absolute Gasteiger partial charge is 0.255 e. The maximum absolute atomic E-state index is 12.7. The number of benzene rings is 3. The van der Waals surface area contributed by atoms with Crippen molar-refractivity contribution in [2.75, 3.05) is 5.32 Å². The van der Waals surface area contributed by atoms with E-state index in [2.05, 4.69) is 33.0 Å². The number of tetrazole rings is 1. The van der Waals surface area contributed by atoms with Crippen LogP contribution in [-0.2, 0) is 5.75 Å². The van der Waals surface area contributed by atoms with E-state index in [1.165, 1.54) is 16.6 Å². The van der Waals surface area contributed by atoms with Gasteiger partial charge in [0.1, 0.15) is 6.33 Å². The van der Waals surface area contributed by atoms with E-state index >= 15 is 0 Å². The van der Waals surface area contributed by atoms with Crippen LogP contribution in [0, 0.1) is 0 Å². The average Bonchev–Trinajstić information content (AvgIpc) is 3.29. The standard InChI is InChI=1S/C21H17N5OS/c27-21(17-10-12-18(13-11-17)26-15-22-24-25-26)23-19-8-4-5-9-20(19)28-14-16-6-2-1-3-7-16/h1-13,15H,14H2,(H,23,27). The van der Waals surface area contributed by atoms with Crippen molar-refractivity contribution in [1.82, 2.24) is 20.2 Å². The molecule has 0 aliphatic rings. The van der Waals surface area contributed by atoms with Crippen LogP contribution in [0.4, 0.5) is 5.69 Å². The van der Waals surface area contributed by atoms with Crippen molar-refractivity contribution >= 4 is 23.4 Å². The lowest BCUT2D eigenvalue weighted by Crippen LogP contribution is -2.12.